The Kier molecular flexibility index (Phi) is 3.76. The molecule has 1 N–H and O–H groups in total. The molecule has 2 aromatic heterocycles. The van der Waals surface area contributed by atoms with E-state index in [4.69, 9.17) is 4.42 Å². The van der Waals surface area contributed by atoms with Crippen LogP contribution in [0.3, 0.4) is 0 Å². The summed E-state index contributed by atoms with van der Waals surface area (Å²) in [5, 5.41) is 5.96. The molecule has 0 radical (unpaired) electrons. The molecule has 3 aromatic rings. The van der Waals surface area contributed by atoms with Crippen LogP contribution in [0.1, 0.15) is 35.6 Å². The molecule has 21 heavy (non-hydrogen) atoms. The van der Waals surface area contributed by atoms with Gasteiger partial charge >= 0.3 is 0 Å². The maximum atomic E-state index is 5.60. The first-order chi connectivity index (χ1) is 10.1. The number of rotatable bonds is 4. The Bertz CT molecular complexity index is 761. The van der Waals surface area contributed by atoms with Gasteiger partial charge in [0.05, 0.1) is 0 Å². The Morgan fingerprint density at radius 1 is 1.14 bits per heavy atom. The predicted octanol–water partition coefficient (Wildman–Crippen LogP) is 4.30. The monoisotopic (exact) mass is 280 g/mol. The van der Waals surface area contributed by atoms with E-state index in [0.717, 1.165) is 18.1 Å². The third-order valence-electron chi connectivity index (χ3n) is 3.86. The van der Waals surface area contributed by atoms with Crippen molar-refractivity contribution in [2.45, 2.75) is 33.4 Å². The number of hydrogen-bond acceptors (Lipinski definition) is 3. The van der Waals surface area contributed by atoms with Crippen molar-refractivity contribution in [2.75, 3.05) is 0 Å². The summed E-state index contributed by atoms with van der Waals surface area (Å²) < 4.78 is 5.60. The summed E-state index contributed by atoms with van der Waals surface area (Å²) in [6, 6.07) is 10.9. The molecule has 1 aromatic carbocycles. The van der Waals surface area contributed by atoms with Crippen LogP contribution >= 0.6 is 0 Å². The van der Waals surface area contributed by atoms with Crippen molar-refractivity contribution < 1.29 is 4.42 Å². The van der Waals surface area contributed by atoms with Crippen LogP contribution < -0.4 is 5.32 Å². The van der Waals surface area contributed by atoms with Gasteiger partial charge in [-0.1, -0.05) is 12.1 Å². The molecule has 1 unspecified atom stereocenters. The summed E-state index contributed by atoms with van der Waals surface area (Å²) in [6.07, 6.45) is 3.73. The lowest BCUT2D eigenvalue weighted by molar-refractivity contribution is 0.489. The van der Waals surface area contributed by atoms with Crippen molar-refractivity contribution in [1.29, 1.82) is 0 Å². The van der Waals surface area contributed by atoms with Crippen molar-refractivity contribution in [2.24, 2.45) is 0 Å². The molecule has 3 nitrogen and oxygen atoms in total. The van der Waals surface area contributed by atoms with Gasteiger partial charge in [0.1, 0.15) is 11.5 Å². The van der Waals surface area contributed by atoms with E-state index in [1.165, 1.54) is 21.9 Å². The highest BCUT2D eigenvalue weighted by atomic mass is 16.3. The fourth-order valence-corrected chi connectivity index (χ4v) is 2.70. The highest BCUT2D eigenvalue weighted by Gasteiger charge is 2.12. The minimum atomic E-state index is 0.274. The topological polar surface area (TPSA) is 38.1 Å². The molecule has 0 spiro atoms. The first-order valence-corrected chi connectivity index (χ1v) is 7.26. The van der Waals surface area contributed by atoms with Crippen LogP contribution in [0.15, 0.2) is 47.1 Å². The molecule has 0 aliphatic heterocycles. The second-order valence-electron chi connectivity index (χ2n) is 5.53. The van der Waals surface area contributed by atoms with Crippen LogP contribution in [0.2, 0.25) is 0 Å². The van der Waals surface area contributed by atoms with Gasteiger partial charge in [0.25, 0.3) is 0 Å². The summed E-state index contributed by atoms with van der Waals surface area (Å²) >= 11 is 0. The van der Waals surface area contributed by atoms with Gasteiger partial charge in [0, 0.05) is 35.9 Å². The standard InChI is InChI=1S/C18H20N2O/c1-12-8-18(14(3)21-12)13(2)20-10-15-4-5-17-11-19-7-6-16(17)9-15/h4-9,11,13,20H,10H2,1-3H3. The smallest absolute Gasteiger partial charge is 0.105 e. The Morgan fingerprint density at radius 3 is 2.76 bits per heavy atom. The Morgan fingerprint density at radius 2 is 2.00 bits per heavy atom. The predicted molar refractivity (Wildman–Crippen MR) is 85.2 cm³/mol. The lowest BCUT2D eigenvalue weighted by atomic mass is 10.1. The lowest BCUT2D eigenvalue weighted by Gasteiger charge is -2.13. The molecule has 0 saturated carbocycles. The molecule has 1 atom stereocenters. The number of fused-ring (bicyclic) bond motifs is 1. The second-order valence-corrected chi connectivity index (χ2v) is 5.53. The average Bonchev–Trinajstić information content (AvgIpc) is 2.83. The van der Waals surface area contributed by atoms with Crippen LogP contribution in [0.25, 0.3) is 10.8 Å². The van der Waals surface area contributed by atoms with Crippen molar-refractivity contribution in [1.82, 2.24) is 10.3 Å². The molecule has 0 saturated heterocycles. The number of nitrogens with zero attached hydrogens (tertiary/aromatic N) is 1. The number of furan rings is 1. The fourth-order valence-electron chi connectivity index (χ4n) is 2.70. The molecular weight excluding hydrogens is 260 g/mol. The van der Waals surface area contributed by atoms with Crippen molar-refractivity contribution in [3.05, 3.63) is 65.4 Å². The summed E-state index contributed by atoms with van der Waals surface area (Å²) in [6.45, 7) is 7.01. The van der Waals surface area contributed by atoms with Crippen LogP contribution in [0.4, 0.5) is 0 Å². The fraction of sp³-hybridized carbons (Fsp3) is 0.278. The van der Waals surface area contributed by atoms with Gasteiger partial charge in [-0.05, 0) is 49.9 Å². The van der Waals surface area contributed by atoms with Crippen LogP contribution in [0, 0.1) is 13.8 Å². The van der Waals surface area contributed by atoms with Crippen molar-refractivity contribution in [3.8, 4) is 0 Å². The first kappa shape index (κ1) is 13.8. The molecule has 0 aliphatic rings. The van der Waals surface area contributed by atoms with E-state index in [0.29, 0.717) is 0 Å². The second kappa shape index (κ2) is 5.70. The highest BCUT2D eigenvalue weighted by molar-refractivity contribution is 5.81. The molecule has 0 fully saturated rings. The van der Waals surface area contributed by atoms with Gasteiger partial charge in [-0.3, -0.25) is 4.98 Å². The third-order valence-corrected chi connectivity index (χ3v) is 3.86. The minimum Gasteiger partial charge on any atom is -0.466 e. The van der Waals surface area contributed by atoms with E-state index in [1.807, 2.05) is 32.3 Å². The number of hydrogen-bond donors (Lipinski definition) is 1. The van der Waals surface area contributed by atoms with Crippen LogP contribution in [-0.4, -0.2) is 4.98 Å². The van der Waals surface area contributed by atoms with E-state index in [2.05, 4.69) is 41.5 Å². The van der Waals surface area contributed by atoms with Gasteiger partial charge in [0.15, 0.2) is 0 Å². The number of pyridine rings is 1. The average molecular weight is 280 g/mol. The van der Waals surface area contributed by atoms with E-state index < -0.39 is 0 Å². The van der Waals surface area contributed by atoms with Crippen molar-refractivity contribution in [3.63, 3.8) is 0 Å². The summed E-state index contributed by atoms with van der Waals surface area (Å²) in [7, 11) is 0. The number of aromatic nitrogens is 1. The SMILES string of the molecule is Cc1cc(C(C)NCc2ccc3cnccc3c2)c(C)o1. The zero-order valence-electron chi connectivity index (χ0n) is 12.7. The lowest BCUT2D eigenvalue weighted by Crippen LogP contribution is -2.18. The van der Waals surface area contributed by atoms with Crippen LogP contribution in [-0.2, 0) is 6.54 Å². The van der Waals surface area contributed by atoms with Gasteiger partial charge in [-0.2, -0.15) is 0 Å². The molecule has 0 aliphatic carbocycles. The summed E-state index contributed by atoms with van der Waals surface area (Å²) in [5.74, 6) is 1.96. The molecule has 0 amide bonds. The van der Waals surface area contributed by atoms with E-state index in [1.54, 1.807) is 0 Å². The Hall–Kier alpha value is -2.13. The summed E-state index contributed by atoms with van der Waals surface area (Å²) in [5.41, 5.74) is 2.51. The molecule has 3 heteroatoms. The maximum absolute atomic E-state index is 5.60. The number of aryl methyl sites for hydroxylation is 2. The molecule has 108 valence electrons. The van der Waals surface area contributed by atoms with E-state index in [-0.39, 0.29) is 6.04 Å². The van der Waals surface area contributed by atoms with Gasteiger partial charge in [0.2, 0.25) is 0 Å². The molecular formula is C18H20N2O. The Balaban J connectivity index is 1.72. The quantitative estimate of drug-likeness (QED) is 0.774. The van der Waals surface area contributed by atoms with E-state index >= 15 is 0 Å². The van der Waals surface area contributed by atoms with Crippen molar-refractivity contribution >= 4 is 10.8 Å². The Labute approximate surface area is 125 Å². The first-order valence-electron chi connectivity index (χ1n) is 7.26. The number of benzene rings is 1. The highest BCUT2D eigenvalue weighted by Crippen LogP contribution is 2.22. The normalized spacial score (nSPS) is 12.7. The van der Waals surface area contributed by atoms with E-state index in [9.17, 15) is 0 Å². The zero-order chi connectivity index (χ0) is 14.8. The number of nitrogens with one attached hydrogen (secondary N) is 1. The van der Waals surface area contributed by atoms with Gasteiger partial charge in [-0.25, -0.2) is 0 Å². The van der Waals surface area contributed by atoms with Gasteiger partial charge < -0.3 is 9.73 Å². The molecule has 3 rings (SSSR count). The van der Waals surface area contributed by atoms with Gasteiger partial charge in [-0.15, -0.1) is 0 Å². The zero-order valence-corrected chi connectivity index (χ0v) is 12.7. The third kappa shape index (κ3) is 2.98. The van der Waals surface area contributed by atoms with Crippen LogP contribution in [0.5, 0.6) is 0 Å². The maximum Gasteiger partial charge on any atom is 0.105 e. The largest absolute Gasteiger partial charge is 0.466 e. The molecule has 0 bridgehead atoms. The summed E-state index contributed by atoms with van der Waals surface area (Å²) in [4.78, 5) is 4.14. The minimum absolute atomic E-state index is 0.274. The molecule has 2 heterocycles.